The van der Waals surface area contributed by atoms with E-state index in [1.807, 2.05) is 6.92 Å². The first kappa shape index (κ1) is 24.0. The number of β-lactam (4-membered cyclic amide) rings is 1. The largest absolute Gasteiger partial charge is 0.496 e. The highest BCUT2D eigenvalue weighted by atomic mass is 79.9. The average Bonchev–Trinajstić information content (AvgIpc) is 3.09. The van der Waals surface area contributed by atoms with E-state index < -0.39 is 40.4 Å². The molecule has 2 heterocycles. The van der Waals surface area contributed by atoms with Crippen LogP contribution in [0, 0.1) is 17.0 Å². The molecule has 3 amide bonds. The van der Waals surface area contributed by atoms with Crippen LogP contribution in [-0.4, -0.2) is 40.7 Å². The van der Waals surface area contributed by atoms with Crippen molar-refractivity contribution >= 4 is 56.6 Å². The molecule has 36 heavy (non-hydrogen) atoms. The highest BCUT2D eigenvalue weighted by Crippen LogP contribution is 2.48. The topological polar surface area (TPSA) is 110 Å². The number of hydrogen-bond donors (Lipinski definition) is 0. The Kier molecular flexibility index (Phi) is 5.80. The van der Waals surface area contributed by atoms with Gasteiger partial charge >= 0.3 is 0 Å². The number of carbonyl (C=O) groups excluding carboxylic acids is 3. The lowest BCUT2D eigenvalue weighted by atomic mass is 9.85. The molecule has 0 unspecified atom stereocenters. The minimum Gasteiger partial charge on any atom is -0.496 e. The number of rotatable bonds is 5. The van der Waals surface area contributed by atoms with Crippen molar-refractivity contribution in [3.05, 3.63) is 96.5 Å². The summed E-state index contributed by atoms with van der Waals surface area (Å²) in [4.78, 5) is 53.5. The standard InChI is InChI=1S/C25H17BrClN3O6/c1-12-6-8-14(11-17(12)27)28-21(16-10-13(26)7-9-19(16)36-2)22(25(28)33)29-23(31)15-4-3-5-18(30(34)35)20(15)24(29)32/h3-11,21-22H,1-2H3/t21-,22-/m0/s1. The van der Waals surface area contributed by atoms with Crippen LogP contribution in [0.25, 0.3) is 0 Å². The van der Waals surface area contributed by atoms with Crippen LogP contribution in [0.3, 0.4) is 0 Å². The number of aryl methyl sites for hydroxylation is 1. The minimum atomic E-state index is -1.25. The summed E-state index contributed by atoms with van der Waals surface area (Å²) in [5.74, 6) is -1.75. The van der Waals surface area contributed by atoms with Gasteiger partial charge in [0.25, 0.3) is 23.4 Å². The minimum absolute atomic E-state index is 0.112. The van der Waals surface area contributed by atoms with Crippen LogP contribution in [-0.2, 0) is 4.79 Å². The zero-order valence-corrected chi connectivity index (χ0v) is 21.2. The first-order valence-corrected chi connectivity index (χ1v) is 11.9. The predicted octanol–water partition coefficient (Wildman–Crippen LogP) is 5.08. The van der Waals surface area contributed by atoms with E-state index in [0.717, 1.165) is 16.5 Å². The van der Waals surface area contributed by atoms with Gasteiger partial charge in [-0.25, -0.2) is 0 Å². The van der Waals surface area contributed by atoms with Gasteiger partial charge in [0.1, 0.15) is 17.4 Å². The SMILES string of the molecule is COc1ccc(Br)cc1[C@H]1[C@H](N2C(=O)c3cccc([N+](=O)[O-])c3C2=O)C(=O)N1c1ccc(C)c(Cl)c1. The smallest absolute Gasteiger partial charge is 0.282 e. The molecule has 1 fully saturated rings. The van der Waals surface area contributed by atoms with E-state index in [-0.39, 0.29) is 11.1 Å². The Morgan fingerprint density at radius 1 is 1.00 bits per heavy atom. The molecule has 1 saturated heterocycles. The number of halogens is 2. The van der Waals surface area contributed by atoms with Gasteiger partial charge in [0.15, 0.2) is 0 Å². The molecule has 2 aliphatic heterocycles. The molecular weight excluding hydrogens is 554 g/mol. The molecule has 0 bridgehead atoms. The van der Waals surface area contributed by atoms with Gasteiger partial charge in [0, 0.05) is 26.8 Å². The second-order valence-corrected chi connectivity index (χ2v) is 9.68. The first-order valence-electron chi connectivity index (χ1n) is 10.7. The summed E-state index contributed by atoms with van der Waals surface area (Å²) in [6, 6.07) is 12.1. The molecule has 0 N–H and O–H groups in total. The molecule has 0 radical (unpaired) electrons. The molecule has 182 valence electrons. The van der Waals surface area contributed by atoms with Crippen LogP contribution in [0.15, 0.2) is 59.1 Å². The van der Waals surface area contributed by atoms with E-state index in [0.29, 0.717) is 26.5 Å². The number of nitro groups is 1. The average molecular weight is 571 g/mol. The van der Waals surface area contributed by atoms with Gasteiger partial charge in [-0.15, -0.1) is 0 Å². The fourth-order valence-corrected chi connectivity index (χ4v) is 5.23. The zero-order valence-electron chi connectivity index (χ0n) is 18.9. The fraction of sp³-hybridized carbons (Fsp3) is 0.160. The number of hydrogen-bond acceptors (Lipinski definition) is 6. The van der Waals surface area contributed by atoms with Crippen LogP contribution in [0.4, 0.5) is 11.4 Å². The van der Waals surface area contributed by atoms with Gasteiger partial charge in [-0.05, 0) is 48.9 Å². The molecule has 5 rings (SSSR count). The Balaban J connectivity index is 1.66. The number of amides is 3. The van der Waals surface area contributed by atoms with Crippen molar-refractivity contribution in [1.82, 2.24) is 4.90 Å². The van der Waals surface area contributed by atoms with E-state index in [9.17, 15) is 24.5 Å². The maximum Gasteiger partial charge on any atom is 0.282 e. The Labute approximate surface area is 218 Å². The number of nitro benzene ring substituents is 1. The number of nitrogens with zero attached hydrogens (tertiary/aromatic N) is 3. The number of anilines is 1. The maximum atomic E-state index is 13.6. The lowest BCUT2D eigenvalue weighted by Crippen LogP contribution is -2.67. The molecular formula is C25H17BrClN3O6. The van der Waals surface area contributed by atoms with Crippen molar-refractivity contribution in [2.75, 3.05) is 12.0 Å². The summed E-state index contributed by atoms with van der Waals surface area (Å²) >= 11 is 9.76. The number of ether oxygens (including phenoxy) is 1. The Morgan fingerprint density at radius 2 is 1.75 bits per heavy atom. The quantitative estimate of drug-likeness (QED) is 0.183. The predicted molar refractivity (Wildman–Crippen MR) is 134 cm³/mol. The lowest BCUT2D eigenvalue weighted by molar-refractivity contribution is -0.385. The number of benzene rings is 3. The van der Waals surface area contributed by atoms with Gasteiger partial charge in [0.05, 0.1) is 23.6 Å². The second-order valence-electron chi connectivity index (χ2n) is 8.35. The number of methoxy groups -OCH3 is 1. The lowest BCUT2D eigenvalue weighted by Gasteiger charge is -2.50. The molecule has 9 nitrogen and oxygen atoms in total. The molecule has 0 saturated carbocycles. The Hall–Kier alpha value is -3.76. The Morgan fingerprint density at radius 3 is 2.42 bits per heavy atom. The van der Waals surface area contributed by atoms with Gasteiger partial charge in [-0.1, -0.05) is 39.7 Å². The van der Waals surface area contributed by atoms with Crippen molar-refractivity contribution in [3.8, 4) is 5.75 Å². The summed E-state index contributed by atoms with van der Waals surface area (Å²) in [7, 11) is 1.47. The Bertz CT molecular complexity index is 1490. The fourth-order valence-electron chi connectivity index (χ4n) is 4.68. The van der Waals surface area contributed by atoms with Crippen molar-refractivity contribution in [1.29, 1.82) is 0 Å². The molecule has 2 atom stereocenters. The van der Waals surface area contributed by atoms with Crippen LogP contribution >= 0.6 is 27.5 Å². The third kappa shape index (κ3) is 3.48. The third-order valence-electron chi connectivity index (χ3n) is 6.41. The monoisotopic (exact) mass is 569 g/mol. The highest BCUT2D eigenvalue weighted by molar-refractivity contribution is 9.10. The number of fused-ring (bicyclic) bond motifs is 1. The molecule has 3 aromatic carbocycles. The van der Waals surface area contributed by atoms with Crippen molar-refractivity contribution in [2.45, 2.75) is 19.0 Å². The van der Waals surface area contributed by atoms with Crippen LogP contribution in [0.5, 0.6) is 5.75 Å². The molecule has 0 aromatic heterocycles. The molecule has 3 aromatic rings. The molecule has 0 spiro atoms. The zero-order chi connectivity index (χ0) is 25.9. The van der Waals surface area contributed by atoms with Crippen molar-refractivity contribution < 1.29 is 24.0 Å². The van der Waals surface area contributed by atoms with E-state index in [1.165, 1.54) is 24.1 Å². The summed E-state index contributed by atoms with van der Waals surface area (Å²) in [5, 5.41) is 12.0. The van der Waals surface area contributed by atoms with E-state index in [4.69, 9.17) is 16.3 Å². The molecule has 2 aliphatic rings. The molecule has 11 heteroatoms. The number of imide groups is 1. The summed E-state index contributed by atoms with van der Waals surface area (Å²) < 4.78 is 6.22. The van der Waals surface area contributed by atoms with Crippen molar-refractivity contribution in [2.24, 2.45) is 0 Å². The van der Waals surface area contributed by atoms with Crippen LogP contribution in [0.1, 0.15) is 37.9 Å². The van der Waals surface area contributed by atoms with Crippen LogP contribution in [0.2, 0.25) is 5.02 Å². The second kappa shape index (κ2) is 8.72. The van der Waals surface area contributed by atoms with Gasteiger partial charge in [0.2, 0.25) is 0 Å². The first-order chi connectivity index (χ1) is 17.1. The van der Waals surface area contributed by atoms with Crippen LogP contribution < -0.4 is 9.64 Å². The third-order valence-corrected chi connectivity index (χ3v) is 7.31. The van der Waals surface area contributed by atoms with Gasteiger partial charge < -0.3 is 9.64 Å². The summed E-state index contributed by atoms with van der Waals surface area (Å²) in [5.41, 5.74) is 0.907. The number of carbonyl (C=O) groups is 3. The molecule has 0 aliphatic carbocycles. The van der Waals surface area contributed by atoms with E-state index in [2.05, 4.69) is 15.9 Å². The van der Waals surface area contributed by atoms with Crippen molar-refractivity contribution in [3.63, 3.8) is 0 Å². The van der Waals surface area contributed by atoms with E-state index >= 15 is 0 Å². The maximum absolute atomic E-state index is 13.6. The summed E-state index contributed by atoms with van der Waals surface area (Å²) in [6.45, 7) is 1.83. The van der Waals surface area contributed by atoms with Gasteiger partial charge in [-0.3, -0.25) is 29.4 Å². The van der Waals surface area contributed by atoms with Gasteiger partial charge in [-0.2, -0.15) is 0 Å². The summed E-state index contributed by atoms with van der Waals surface area (Å²) in [6.07, 6.45) is 0. The highest BCUT2D eigenvalue weighted by Gasteiger charge is 2.59. The van der Waals surface area contributed by atoms with E-state index in [1.54, 1.807) is 36.4 Å². The normalized spacial score (nSPS) is 18.8.